The molecule has 0 aromatic rings. The highest BCUT2D eigenvalue weighted by Crippen LogP contribution is 2.03. The van der Waals surface area contributed by atoms with Crippen molar-refractivity contribution < 1.29 is 9.90 Å². The zero-order valence-corrected chi connectivity index (χ0v) is 6.05. The van der Waals surface area contributed by atoms with Crippen molar-refractivity contribution in [3.05, 3.63) is 0 Å². The van der Waals surface area contributed by atoms with Crippen LogP contribution in [0.5, 0.6) is 0 Å². The summed E-state index contributed by atoms with van der Waals surface area (Å²) in [5, 5.41) is 8.43. The van der Waals surface area contributed by atoms with Crippen LogP contribution < -0.4 is 0 Å². The predicted molar refractivity (Wildman–Crippen MR) is 36.2 cm³/mol. The van der Waals surface area contributed by atoms with Crippen molar-refractivity contribution in [3.8, 4) is 0 Å². The van der Waals surface area contributed by atoms with Crippen molar-refractivity contribution in [1.29, 1.82) is 0 Å². The van der Waals surface area contributed by atoms with Gasteiger partial charge in [-0.25, -0.2) is 0 Å². The summed E-state index contributed by atoms with van der Waals surface area (Å²) in [4.78, 5) is 10.8. The van der Waals surface area contributed by atoms with Crippen LogP contribution in [0, 0.1) is 5.92 Å². The number of ketones is 1. The number of carbonyl (C=O) groups excluding carboxylic acids is 1. The highest BCUT2D eigenvalue weighted by Gasteiger charge is 2.08. The van der Waals surface area contributed by atoms with Gasteiger partial charge in [0.25, 0.3) is 0 Å². The van der Waals surface area contributed by atoms with E-state index in [4.69, 9.17) is 5.11 Å². The van der Waals surface area contributed by atoms with E-state index >= 15 is 0 Å². The summed E-state index contributed by atoms with van der Waals surface area (Å²) in [6.07, 6.45) is 1.19. The van der Waals surface area contributed by atoms with Gasteiger partial charge in [0.2, 0.25) is 0 Å². The van der Waals surface area contributed by atoms with Gasteiger partial charge in [-0.1, -0.05) is 13.8 Å². The fraction of sp³-hybridized carbons (Fsp3) is 0.857. The van der Waals surface area contributed by atoms with Crippen LogP contribution in [0.25, 0.3) is 0 Å². The lowest BCUT2D eigenvalue weighted by Gasteiger charge is -2.04. The molecule has 0 aliphatic rings. The lowest BCUT2D eigenvalue weighted by atomic mass is 10.0. The van der Waals surface area contributed by atoms with Gasteiger partial charge in [0.1, 0.15) is 5.78 Å². The van der Waals surface area contributed by atoms with Gasteiger partial charge in [0.15, 0.2) is 0 Å². The molecule has 0 aliphatic carbocycles. The molecular weight excluding hydrogens is 116 g/mol. The number of hydrogen-bond donors (Lipinski definition) is 1. The van der Waals surface area contributed by atoms with Crippen LogP contribution in [0.3, 0.4) is 0 Å². The Morgan fingerprint density at radius 3 is 2.56 bits per heavy atom. The van der Waals surface area contributed by atoms with Crippen LogP contribution >= 0.6 is 0 Å². The fourth-order valence-electron chi connectivity index (χ4n) is 0.703. The number of aliphatic hydroxyl groups is 1. The van der Waals surface area contributed by atoms with Gasteiger partial charge in [0, 0.05) is 18.9 Å². The molecule has 0 aromatic carbocycles. The SMILES string of the molecule is CCC(=O)C(C)CCO. The minimum absolute atomic E-state index is 0.0417. The molecule has 0 radical (unpaired) electrons. The van der Waals surface area contributed by atoms with E-state index in [1.165, 1.54) is 0 Å². The van der Waals surface area contributed by atoms with Crippen molar-refractivity contribution in [2.24, 2.45) is 5.92 Å². The largest absolute Gasteiger partial charge is 0.396 e. The Bertz CT molecular complexity index is 88.9. The molecule has 54 valence electrons. The minimum Gasteiger partial charge on any atom is -0.396 e. The van der Waals surface area contributed by atoms with Crippen LogP contribution in [0.15, 0.2) is 0 Å². The van der Waals surface area contributed by atoms with Gasteiger partial charge in [-0.05, 0) is 6.42 Å². The number of rotatable bonds is 4. The third-order valence-corrected chi connectivity index (χ3v) is 1.46. The highest BCUT2D eigenvalue weighted by molar-refractivity contribution is 5.80. The molecule has 0 amide bonds. The second-order valence-corrected chi connectivity index (χ2v) is 2.23. The molecule has 2 nitrogen and oxygen atoms in total. The van der Waals surface area contributed by atoms with E-state index in [-0.39, 0.29) is 18.3 Å². The first-order chi connectivity index (χ1) is 4.22. The van der Waals surface area contributed by atoms with Gasteiger partial charge in [-0.3, -0.25) is 4.79 Å². The third kappa shape index (κ3) is 3.25. The highest BCUT2D eigenvalue weighted by atomic mass is 16.3. The first-order valence-electron chi connectivity index (χ1n) is 3.36. The summed E-state index contributed by atoms with van der Waals surface area (Å²) in [6, 6.07) is 0. The molecule has 1 unspecified atom stereocenters. The van der Waals surface area contributed by atoms with Crippen molar-refractivity contribution in [2.45, 2.75) is 26.7 Å². The number of Topliss-reactive ketones (excluding diaryl/α,β-unsaturated/α-hetero) is 1. The minimum atomic E-state index is 0.0417. The van der Waals surface area contributed by atoms with Crippen molar-refractivity contribution >= 4 is 5.78 Å². The second kappa shape index (κ2) is 4.50. The monoisotopic (exact) mass is 130 g/mol. The zero-order chi connectivity index (χ0) is 7.28. The molecule has 0 heterocycles. The molecule has 0 aromatic heterocycles. The zero-order valence-electron chi connectivity index (χ0n) is 6.05. The van der Waals surface area contributed by atoms with Gasteiger partial charge in [-0.2, -0.15) is 0 Å². The van der Waals surface area contributed by atoms with Gasteiger partial charge >= 0.3 is 0 Å². The Balaban J connectivity index is 3.45. The second-order valence-electron chi connectivity index (χ2n) is 2.23. The third-order valence-electron chi connectivity index (χ3n) is 1.46. The molecule has 9 heavy (non-hydrogen) atoms. The van der Waals surface area contributed by atoms with E-state index in [1.54, 1.807) is 0 Å². The number of hydrogen-bond acceptors (Lipinski definition) is 2. The smallest absolute Gasteiger partial charge is 0.135 e. The normalized spacial score (nSPS) is 13.2. The number of aliphatic hydroxyl groups excluding tert-OH is 1. The number of carbonyl (C=O) groups is 1. The van der Waals surface area contributed by atoms with Gasteiger partial charge < -0.3 is 5.11 Å². The summed E-state index contributed by atoms with van der Waals surface area (Å²) >= 11 is 0. The van der Waals surface area contributed by atoms with Crippen LogP contribution in [-0.4, -0.2) is 17.5 Å². The summed E-state index contributed by atoms with van der Waals surface area (Å²) in [6.45, 7) is 3.81. The summed E-state index contributed by atoms with van der Waals surface area (Å²) < 4.78 is 0. The fourth-order valence-corrected chi connectivity index (χ4v) is 0.703. The Kier molecular flexibility index (Phi) is 4.32. The van der Waals surface area contributed by atoms with E-state index in [9.17, 15) is 4.79 Å². The lowest BCUT2D eigenvalue weighted by molar-refractivity contribution is -0.122. The van der Waals surface area contributed by atoms with Crippen LogP contribution in [0.1, 0.15) is 26.7 Å². The summed E-state index contributed by atoms with van der Waals surface area (Å²) in [5.41, 5.74) is 0. The molecule has 0 aliphatic heterocycles. The van der Waals surface area contributed by atoms with Crippen LogP contribution in [-0.2, 0) is 4.79 Å². The first kappa shape index (κ1) is 8.63. The first-order valence-corrected chi connectivity index (χ1v) is 3.36. The lowest BCUT2D eigenvalue weighted by Crippen LogP contribution is -2.10. The van der Waals surface area contributed by atoms with E-state index in [0.29, 0.717) is 12.8 Å². The molecule has 0 rings (SSSR count). The van der Waals surface area contributed by atoms with E-state index < -0.39 is 0 Å². The van der Waals surface area contributed by atoms with E-state index in [0.717, 1.165) is 0 Å². The maximum atomic E-state index is 10.8. The van der Waals surface area contributed by atoms with E-state index in [2.05, 4.69) is 0 Å². The topological polar surface area (TPSA) is 37.3 Å². The standard InChI is InChI=1S/C7H14O2/c1-3-7(9)6(2)4-5-8/h6,8H,3-5H2,1-2H3. The molecule has 0 saturated heterocycles. The quantitative estimate of drug-likeness (QED) is 0.616. The molecule has 1 atom stereocenters. The summed E-state index contributed by atoms with van der Waals surface area (Å²) in [7, 11) is 0. The average Bonchev–Trinajstić information content (AvgIpc) is 1.87. The molecule has 0 fully saturated rings. The maximum absolute atomic E-state index is 10.8. The Morgan fingerprint density at radius 1 is 1.67 bits per heavy atom. The molecular formula is C7H14O2. The van der Waals surface area contributed by atoms with Gasteiger partial charge in [0.05, 0.1) is 0 Å². The van der Waals surface area contributed by atoms with Crippen LogP contribution in [0.2, 0.25) is 0 Å². The van der Waals surface area contributed by atoms with Crippen molar-refractivity contribution in [2.75, 3.05) is 6.61 Å². The van der Waals surface area contributed by atoms with E-state index in [1.807, 2.05) is 13.8 Å². The molecule has 0 saturated carbocycles. The molecule has 0 bridgehead atoms. The maximum Gasteiger partial charge on any atom is 0.135 e. The molecule has 0 spiro atoms. The van der Waals surface area contributed by atoms with Crippen molar-refractivity contribution in [3.63, 3.8) is 0 Å². The molecule has 2 heteroatoms. The van der Waals surface area contributed by atoms with Gasteiger partial charge in [-0.15, -0.1) is 0 Å². The van der Waals surface area contributed by atoms with Crippen LogP contribution in [0.4, 0.5) is 0 Å². The Hall–Kier alpha value is -0.370. The average molecular weight is 130 g/mol. The predicted octanol–water partition coefficient (Wildman–Crippen LogP) is 0.984. The Morgan fingerprint density at radius 2 is 2.22 bits per heavy atom. The Labute approximate surface area is 55.9 Å². The summed E-state index contributed by atoms with van der Waals surface area (Å²) in [5.74, 6) is 0.282. The van der Waals surface area contributed by atoms with Crippen molar-refractivity contribution in [1.82, 2.24) is 0 Å². The molecule has 1 N–H and O–H groups in total.